The Morgan fingerprint density at radius 2 is 1.33 bits per heavy atom. The van der Waals surface area contributed by atoms with Crippen LogP contribution in [0.15, 0.2) is 24.3 Å². The molecule has 0 spiro atoms. The molecule has 2 aromatic heterocycles. The Balaban J connectivity index is 2.16. The van der Waals surface area contributed by atoms with Crippen LogP contribution in [0.2, 0.25) is 0 Å². The molecule has 0 aliphatic rings. The summed E-state index contributed by atoms with van der Waals surface area (Å²) in [6, 6.07) is 12.0. The zero-order valence-electron chi connectivity index (χ0n) is 7.40. The summed E-state index contributed by atoms with van der Waals surface area (Å²) in [5.41, 5.74) is 0. The average molecular weight is 343 g/mol. The second-order valence-corrected chi connectivity index (χ2v) is 9.02. The Kier molecular flexibility index (Phi) is 3.37. The second-order valence-electron chi connectivity index (χ2n) is 2.53. The summed E-state index contributed by atoms with van der Waals surface area (Å²) >= 11 is 2.91. The van der Waals surface area contributed by atoms with Gasteiger partial charge in [-0.05, 0) is 12.1 Å². The summed E-state index contributed by atoms with van der Waals surface area (Å²) in [7, 11) is 0. The lowest BCUT2D eigenvalue weighted by atomic mass is 10.5. The van der Waals surface area contributed by atoms with Crippen LogP contribution in [0.4, 0.5) is 0 Å². The predicted octanol–water partition coefficient (Wildman–Crippen LogP) is -0.319. The van der Waals surface area contributed by atoms with Crippen molar-refractivity contribution in [1.82, 2.24) is 0 Å². The molecule has 72 valence electrons. The van der Waals surface area contributed by atoms with Gasteiger partial charge in [0.2, 0.25) is 5.77 Å². The second kappa shape index (κ2) is 4.75. The molecular weight excluding hydrogens is 339 g/mol. The minimum atomic E-state index is -0.207. The molecule has 2 aromatic rings. The molecule has 5 heteroatoms. The van der Waals surface area contributed by atoms with Crippen LogP contribution in [-0.4, -0.2) is 0 Å². The van der Waals surface area contributed by atoms with Gasteiger partial charge < -0.3 is 0 Å². The van der Waals surface area contributed by atoms with Crippen molar-refractivity contribution in [3.63, 3.8) is 0 Å². The van der Waals surface area contributed by atoms with Crippen molar-refractivity contribution in [2.24, 2.45) is 0 Å². The van der Waals surface area contributed by atoms with E-state index in [1.165, 1.54) is 5.77 Å². The van der Waals surface area contributed by atoms with Crippen LogP contribution in [0, 0.1) is 28.4 Å². The van der Waals surface area contributed by atoms with Gasteiger partial charge in [-0.25, -0.2) is 0 Å². The quantitative estimate of drug-likeness (QED) is 0.702. The van der Waals surface area contributed by atoms with Crippen LogP contribution >= 0.6 is 22.7 Å². The third kappa shape index (κ3) is 2.57. The van der Waals surface area contributed by atoms with E-state index in [0.717, 1.165) is 9.75 Å². The maximum Gasteiger partial charge on any atom is 0.381 e. The molecule has 0 unspecified atom stereocenters. The zero-order chi connectivity index (χ0) is 10.7. The minimum absolute atomic E-state index is 0.207. The Hall–Kier alpha value is -0.890. The fourth-order valence-electron chi connectivity index (χ4n) is 0.942. The van der Waals surface area contributed by atoms with Crippen molar-refractivity contribution in [1.29, 1.82) is 10.5 Å². The first-order chi connectivity index (χ1) is 7.31. The topological polar surface area (TPSA) is 47.6 Å². The van der Waals surface area contributed by atoms with Gasteiger partial charge in [0.1, 0.15) is 21.9 Å². The number of hydrogen-bond donors (Lipinski definition) is 0. The molecule has 0 bridgehead atoms. The largest absolute Gasteiger partial charge is 0.381 e. The van der Waals surface area contributed by atoms with E-state index < -0.39 is 0 Å². The highest BCUT2D eigenvalue weighted by molar-refractivity contribution is 7.10. The lowest BCUT2D eigenvalue weighted by Crippen LogP contribution is -3.61. The number of nitriles is 2. The first-order valence-electron chi connectivity index (χ1n) is 3.96. The Labute approximate surface area is 106 Å². The smallest absolute Gasteiger partial charge is 0.192 e. The third-order valence-electron chi connectivity index (χ3n) is 1.55. The molecule has 0 fully saturated rings. The standard InChI is InChI=1S/C10H4IN2S2/c12-5-7-1-3-9(14-7)11-10-4-2-8(6-13)15-10/h1-4H/q+1. The van der Waals surface area contributed by atoms with Crippen LogP contribution < -0.4 is 21.2 Å². The van der Waals surface area contributed by atoms with E-state index in [1.54, 1.807) is 22.7 Å². The van der Waals surface area contributed by atoms with Gasteiger partial charge in [-0.3, -0.25) is 0 Å². The summed E-state index contributed by atoms with van der Waals surface area (Å²) in [6.07, 6.45) is 0. The molecule has 0 N–H and O–H groups in total. The van der Waals surface area contributed by atoms with Gasteiger partial charge in [-0.1, -0.05) is 22.7 Å². The molecule has 2 nitrogen and oxygen atoms in total. The van der Waals surface area contributed by atoms with Crippen LogP contribution in [0.25, 0.3) is 0 Å². The summed E-state index contributed by atoms with van der Waals surface area (Å²) < 4.78 is 2.55. The van der Waals surface area contributed by atoms with Gasteiger partial charge in [-0.15, -0.1) is 0 Å². The van der Waals surface area contributed by atoms with E-state index >= 15 is 0 Å². The van der Waals surface area contributed by atoms with E-state index in [-0.39, 0.29) is 21.2 Å². The van der Waals surface area contributed by atoms with Crippen molar-refractivity contribution in [2.45, 2.75) is 0 Å². The molecule has 0 amide bonds. The van der Waals surface area contributed by atoms with Crippen molar-refractivity contribution < 1.29 is 21.2 Å². The molecule has 2 rings (SSSR count). The molecular formula is C10H4IN2S2+. The van der Waals surface area contributed by atoms with E-state index in [4.69, 9.17) is 10.5 Å². The summed E-state index contributed by atoms with van der Waals surface area (Å²) in [6.45, 7) is 0. The fraction of sp³-hybridized carbons (Fsp3) is 0. The Bertz CT molecular complexity index is 506. The zero-order valence-corrected chi connectivity index (χ0v) is 11.2. The molecule has 0 aliphatic heterocycles. The fourth-order valence-corrected chi connectivity index (χ4v) is 6.84. The number of halogens is 1. The van der Waals surface area contributed by atoms with Gasteiger partial charge in [0.15, 0.2) is 0 Å². The van der Waals surface area contributed by atoms with Crippen LogP contribution in [0.1, 0.15) is 9.75 Å². The third-order valence-corrected chi connectivity index (χ3v) is 7.25. The van der Waals surface area contributed by atoms with Gasteiger partial charge in [-0.2, -0.15) is 10.5 Å². The van der Waals surface area contributed by atoms with Crippen LogP contribution in [-0.2, 0) is 0 Å². The molecule has 0 aliphatic carbocycles. The van der Waals surface area contributed by atoms with E-state index in [1.807, 2.05) is 24.3 Å². The minimum Gasteiger partial charge on any atom is -0.192 e. The van der Waals surface area contributed by atoms with Crippen molar-refractivity contribution in [3.8, 4) is 12.1 Å². The van der Waals surface area contributed by atoms with Gasteiger partial charge in [0.25, 0.3) is 0 Å². The van der Waals surface area contributed by atoms with Crippen molar-refractivity contribution in [2.75, 3.05) is 0 Å². The molecule has 0 saturated heterocycles. The average Bonchev–Trinajstić information content (AvgIpc) is 2.87. The number of rotatable bonds is 2. The van der Waals surface area contributed by atoms with E-state index in [9.17, 15) is 0 Å². The van der Waals surface area contributed by atoms with Gasteiger partial charge >= 0.3 is 21.2 Å². The normalized spacial score (nSPS) is 9.47. The van der Waals surface area contributed by atoms with Crippen molar-refractivity contribution >= 4 is 22.7 Å². The first kappa shape index (κ1) is 10.6. The SMILES string of the molecule is N#Cc1ccc([I+]c2ccc(C#N)s2)s1. The molecule has 0 radical (unpaired) electrons. The molecule has 0 atom stereocenters. The van der Waals surface area contributed by atoms with E-state index in [0.29, 0.717) is 0 Å². The van der Waals surface area contributed by atoms with E-state index in [2.05, 4.69) is 12.1 Å². The number of nitrogens with zero attached hydrogens (tertiary/aromatic N) is 2. The Morgan fingerprint density at radius 3 is 1.67 bits per heavy atom. The highest BCUT2D eigenvalue weighted by atomic mass is 127. The monoisotopic (exact) mass is 343 g/mol. The summed E-state index contributed by atoms with van der Waals surface area (Å²) in [5.74, 6) is 0. The first-order valence-corrected chi connectivity index (χ1v) is 7.75. The molecule has 15 heavy (non-hydrogen) atoms. The van der Waals surface area contributed by atoms with Crippen molar-refractivity contribution in [3.05, 3.63) is 39.8 Å². The highest BCUT2D eigenvalue weighted by Crippen LogP contribution is 2.08. The molecule has 2 heterocycles. The molecule has 0 aromatic carbocycles. The van der Waals surface area contributed by atoms with Crippen LogP contribution in [0.5, 0.6) is 0 Å². The lowest BCUT2D eigenvalue weighted by molar-refractivity contribution is -0.585. The summed E-state index contributed by atoms with van der Waals surface area (Å²) in [5, 5.41) is 17.4. The maximum atomic E-state index is 8.69. The summed E-state index contributed by atoms with van der Waals surface area (Å²) in [4.78, 5) is 1.53. The molecule has 0 saturated carbocycles. The maximum absolute atomic E-state index is 8.69. The highest BCUT2D eigenvalue weighted by Gasteiger charge is 2.20. The van der Waals surface area contributed by atoms with Gasteiger partial charge in [0, 0.05) is 12.1 Å². The Morgan fingerprint density at radius 1 is 0.867 bits per heavy atom. The van der Waals surface area contributed by atoms with Gasteiger partial charge in [0.05, 0.1) is 0 Å². The number of hydrogen-bond acceptors (Lipinski definition) is 4. The number of thiophene rings is 2. The lowest BCUT2D eigenvalue weighted by Gasteiger charge is -1.71. The predicted molar refractivity (Wildman–Crippen MR) is 55.5 cm³/mol. The van der Waals surface area contributed by atoms with Crippen LogP contribution in [0.3, 0.4) is 0 Å².